The fourth-order valence-electron chi connectivity index (χ4n) is 2.53. The number of nitrogens with one attached hydrogen (secondary N) is 1. The molecule has 2 N–H and O–H groups in total. The zero-order valence-corrected chi connectivity index (χ0v) is 11.2. The van der Waals surface area contributed by atoms with Crippen molar-refractivity contribution in [3.05, 3.63) is 54.1 Å². The number of amides is 1. The van der Waals surface area contributed by atoms with Crippen molar-refractivity contribution in [1.82, 2.24) is 0 Å². The molecule has 2 aromatic carbocycles. The number of carbonyl (C=O) groups excluding carboxylic acids is 1. The summed E-state index contributed by atoms with van der Waals surface area (Å²) >= 11 is 0. The molecule has 102 valence electrons. The van der Waals surface area contributed by atoms with Crippen LogP contribution in [0.15, 0.2) is 48.5 Å². The number of fused-ring (bicyclic) bond motifs is 1. The van der Waals surface area contributed by atoms with Gasteiger partial charge in [0.05, 0.1) is 17.5 Å². The summed E-state index contributed by atoms with van der Waals surface area (Å²) in [6, 6.07) is 15.3. The van der Waals surface area contributed by atoms with Crippen molar-refractivity contribution in [1.29, 1.82) is 0 Å². The van der Waals surface area contributed by atoms with Crippen LogP contribution in [0.3, 0.4) is 0 Å². The summed E-state index contributed by atoms with van der Waals surface area (Å²) in [7, 11) is 0. The largest absolute Gasteiger partial charge is 0.389 e. The third-order valence-electron chi connectivity index (χ3n) is 3.45. The van der Waals surface area contributed by atoms with Crippen LogP contribution in [-0.4, -0.2) is 17.6 Å². The Morgan fingerprint density at radius 3 is 2.50 bits per heavy atom. The van der Waals surface area contributed by atoms with Crippen LogP contribution in [0.1, 0.15) is 18.6 Å². The monoisotopic (exact) mass is 268 g/mol. The highest BCUT2D eigenvalue weighted by Gasteiger charge is 2.24. The highest BCUT2D eigenvalue weighted by Crippen LogP contribution is 2.37. The first-order valence-corrected chi connectivity index (χ1v) is 6.60. The Kier molecular flexibility index (Phi) is 3.16. The number of hydrogen-bond acceptors (Lipinski definition) is 3. The number of nitrogens with zero attached hydrogens (tertiary/aromatic N) is 1. The number of para-hydroxylation sites is 3. The van der Waals surface area contributed by atoms with Gasteiger partial charge in [0.2, 0.25) is 5.91 Å². The molecular formula is C16H16N2O2. The Morgan fingerprint density at radius 1 is 1.10 bits per heavy atom. The maximum absolute atomic E-state index is 11.9. The van der Waals surface area contributed by atoms with Crippen LogP contribution in [0.5, 0.6) is 0 Å². The third-order valence-corrected chi connectivity index (χ3v) is 3.45. The third kappa shape index (κ3) is 2.14. The van der Waals surface area contributed by atoms with Crippen LogP contribution in [0.2, 0.25) is 0 Å². The molecule has 0 saturated heterocycles. The molecule has 0 spiro atoms. The molecule has 3 rings (SSSR count). The Hall–Kier alpha value is -2.33. The summed E-state index contributed by atoms with van der Waals surface area (Å²) in [6.45, 7) is 1.98. The first kappa shape index (κ1) is 12.7. The first-order valence-electron chi connectivity index (χ1n) is 6.60. The van der Waals surface area contributed by atoms with E-state index < -0.39 is 6.10 Å². The molecule has 1 aliphatic rings. The molecule has 1 heterocycles. The molecule has 0 bridgehead atoms. The van der Waals surface area contributed by atoms with Gasteiger partial charge in [-0.3, -0.25) is 4.79 Å². The second-order valence-corrected chi connectivity index (χ2v) is 4.89. The number of anilines is 3. The molecule has 1 atom stereocenters. The maximum Gasteiger partial charge on any atom is 0.244 e. The van der Waals surface area contributed by atoms with E-state index in [4.69, 9.17) is 0 Å². The van der Waals surface area contributed by atoms with Crippen molar-refractivity contribution in [3.63, 3.8) is 0 Å². The first-order chi connectivity index (χ1) is 9.66. The lowest BCUT2D eigenvalue weighted by atomic mass is 10.1. The minimum atomic E-state index is -0.580. The summed E-state index contributed by atoms with van der Waals surface area (Å²) in [4.78, 5) is 13.8. The van der Waals surface area contributed by atoms with Gasteiger partial charge < -0.3 is 15.3 Å². The molecule has 4 heteroatoms. The topological polar surface area (TPSA) is 52.6 Å². The molecule has 1 aliphatic heterocycles. The van der Waals surface area contributed by atoms with Gasteiger partial charge in [-0.2, -0.15) is 0 Å². The van der Waals surface area contributed by atoms with Gasteiger partial charge in [-0.15, -0.1) is 0 Å². The normalized spacial score (nSPS) is 15.5. The van der Waals surface area contributed by atoms with Crippen molar-refractivity contribution in [3.8, 4) is 0 Å². The number of hydrogen-bond donors (Lipinski definition) is 2. The molecule has 0 unspecified atom stereocenters. The Balaban J connectivity index is 2.13. The standard InChI is InChI=1S/C16H16N2O2/c1-11(19)12-6-2-4-8-14(12)18-10-16(20)17-13-7-3-5-9-15(13)18/h2-9,11,19H,10H2,1H3,(H,17,20)/t11-/m1/s1. The van der Waals surface area contributed by atoms with Gasteiger partial charge in [0.25, 0.3) is 0 Å². The molecule has 20 heavy (non-hydrogen) atoms. The highest BCUT2D eigenvalue weighted by molar-refractivity contribution is 6.03. The SMILES string of the molecule is C[C@@H](O)c1ccccc1N1CC(=O)Nc2ccccc21. The van der Waals surface area contributed by atoms with Crippen molar-refractivity contribution in [2.45, 2.75) is 13.0 Å². The number of benzene rings is 2. The van der Waals surface area contributed by atoms with Crippen LogP contribution in [0, 0.1) is 0 Å². The van der Waals surface area contributed by atoms with E-state index in [9.17, 15) is 9.90 Å². The van der Waals surface area contributed by atoms with Gasteiger partial charge in [-0.05, 0) is 25.1 Å². The van der Waals surface area contributed by atoms with Gasteiger partial charge in [0, 0.05) is 11.3 Å². The Labute approximate surface area is 117 Å². The second kappa shape index (κ2) is 4.98. The smallest absolute Gasteiger partial charge is 0.244 e. The average molecular weight is 268 g/mol. The quantitative estimate of drug-likeness (QED) is 0.880. The lowest BCUT2D eigenvalue weighted by Gasteiger charge is -2.32. The van der Waals surface area contributed by atoms with Crippen LogP contribution in [0.4, 0.5) is 17.1 Å². The molecule has 0 saturated carbocycles. The van der Waals surface area contributed by atoms with E-state index in [0.29, 0.717) is 0 Å². The van der Waals surface area contributed by atoms with Crippen molar-refractivity contribution >= 4 is 23.0 Å². The van der Waals surface area contributed by atoms with Crippen LogP contribution in [0.25, 0.3) is 0 Å². The molecule has 0 aromatic heterocycles. The summed E-state index contributed by atoms with van der Waals surface area (Å²) < 4.78 is 0. The van der Waals surface area contributed by atoms with Crippen molar-refractivity contribution in [2.24, 2.45) is 0 Å². The maximum atomic E-state index is 11.9. The van der Waals surface area contributed by atoms with Gasteiger partial charge in [-0.25, -0.2) is 0 Å². The molecule has 4 nitrogen and oxygen atoms in total. The fourth-order valence-corrected chi connectivity index (χ4v) is 2.53. The van der Waals surface area contributed by atoms with Gasteiger partial charge in [0.15, 0.2) is 0 Å². The van der Waals surface area contributed by atoms with Crippen LogP contribution < -0.4 is 10.2 Å². The molecule has 1 amide bonds. The van der Waals surface area contributed by atoms with E-state index in [0.717, 1.165) is 22.6 Å². The zero-order valence-electron chi connectivity index (χ0n) is 11.2. The molecular weight excluding hydrogens is 252 g/mol. The summed E-state index contributed by atoms with van der Waals surface area (Å²) in [5.41, 5.74) is 3.42. The summed E-state index contributed by atoms with van der Waals surface area (Å²) in [5, 5.41) is 12.8. The van der Waals surface area contributed by atoms with Crippen molar-refractivity contribution < 1.29 is 9.90 Å². The predicted molar refractivity (Wildman–Crippen MR) is 79.2 cm³/mol. The fraction of sp³-hybridized carbons (Fsp3) is 0.188. The average Bonchev–Trinajstić information content (AvgIpc) is 2.46. The van der Waals surface area contributed by atoms with Gasteiger partial charge in [0.1, 0.15) is 6.54 Å². The number of aliphatic hydroxyl groups excluding tert-OH is 1. The molecule has 2 aromatic rings. The minimum Gasteiger partial charge on any atom is -0.389 e. The molecule has 0 fully saturated rings. The summed E-state index contributed by atoms with van der Waals surface area (Å²) in [6.07, 6.45) is -0.580. The minimum absolute atomic E-state index is 0.0518. The van der Waals surface area contributed by atoms with E-state index in [1.54, 1.807) is 6.92 Å². The molecule has 0 aliphatic carbocycles. The van der Waals surface area contributed by atoms with E-state index in [1.165, 1.54) is 0 Å². The number of aliphatic hydroxyl groups is 1. The van der Waals surface area contributed by atoms with Crippen LogP contribution >= 0.6 is 0 Å². The lowest BCUT2D eigenvalue weighted by Crippen LogP contribution is -2.35. The van der Waals surface area contributed by atoms with E-state index >= 15 is 0 Å². The van der Waals surface area contributed by atoms with Gasteiger partial charge >= 0.3 is 0 Å². The summed E-state index contributed by atoms with van der Waals surface area (Å²) in [5.74, 6) is -0.0518. The highest BCUT2D eigenvalue weighted by atomic mass is 16.3. The van der Waals surface area contributed by atoms with E-state index in [-0.39, 0.29) is 12.5 Å². The number of rotatable bonds is 2. The lowest BCUT2D eigenvalue weighted by molar-refractivity contribution is -0.115. The van der Waals surface area contributed by atoms with Gasteiger partial charge in [-0.1, -0.05) is 30.3 Å². The number of carbonyl (C=O) groups is 1. The van der Waals surface area contributed by atoms with Crippen molar-refractivity contribution in [2.75, 3.05) is 16.8 Å². The van der Waals surface area contributed by atoms with E-state index in [1.807, 2.05) is 53.4 Å². The molecule has 0 radical (unpaired) electrons. The Bertz CT molecular complexity index is 652. The van der Waals surface area contributed by atoms with Crippen LogP contribution in [-0.2, 0) is 4.79 Å². The Morgan fingerprint density at radius 2 is 1.75 bits per heavy atom. The zero-order chi connectivity index (χ0) is 14.1. The second-order valence-electron chi connectivity index (χ2n) is 4.89. The predicted octanol–water partition coefficient (Wildman–Crippen LogP) is 2.83. The van der Waals surface area contributed by atoms with E-state index in [2.05, 4.69) is 5.32 Å².